The molecular formula is C15H19N3O. The molecule has 0 aliphatic rings. The van der Waals surface area contributed by atoms with Crippen LogP contribution in [0.4, 0.5) is 0 Å². The first-order valence-electron chi connectivity index (χ1n) is 6.47. The summed E-state index contributed by atoms with van der Waals surface area (Å²) in [5.74, 6) is 4.52. The molecule has 1 aromatic heterocycles. The fraction of sp³-hybridized carbons (Fsp3) is 0.400. The van der Waals surface area contributed by atoms with Gasteiger partial charge >= 0.3 is 0 Å². The van der Waals surface area contributed by atoms with Crippen molar-refractivity contribution in [2.24, 2.45) is 0 Å². The number of likely N-dealkylation sites (N-methyl/N-ethyl adjacent to an activating group) is 1. The minimum absolute atomic E-state index is 0.546. The van der Waals surface area contributed by atoms with Gasteiger partial charge in [0, 0.05) is 19.0 Å². The number of nitrogens with zero attached hydrogens (tertiary/aromatic N) is 2. The first-order chi connectivity index (χ1) is 9.30. The van der Waals surface area contributed by atoms with Crippen LogP contribution in [0.3, 0.4) is 0 Å². The second-order valence-electron chi connectivity index (χ2n) is 4.28. The highest BCUT2D eigenvalue weighted by molar-refractivity contribution is 5.78. The molecule has 2 aromatic rings. The maximum Gasteiger partial charge on any atom is 0.121 e. The molecule has 1 N–H and O–H groups in total. The Morgan fingerprint density at radius 3 is 3.00 bits per heavy atom. The van der Waals surface area contributed by atoms with E-state index in [0.29, 0.717) is 6.54 Å². The van der Waals surface area contributed by atoms with Crippen LogP contribution in [-0.2, 0) is 13.0 Å². The van der Waals surface area contributed by atoms with Crippen molar-refractivity contribution >= 4 is 11.0 Å². The van der Waals surface area contributed by atoms with Gasteiger partial charge in [-0.2, -0.15) is 0 Å². The molecule has 0 saturated heterocycles. The lowest BCUT2D eigenvalue weighted by atomic mass is 10.3. The molecule has 1 aromatic carbocycles. The zero-order valence-corrected chi connectivity index (χ0v) is 11.4. The molecule has 0 aliphatic heterocycles. The standard InChI is InChI=1S/C15H19N3O/c1-4-10-18-14-7-6-12(19-3)11-13(14)17-15(18)8-9-16-5-2/h1,6-7,11,16H,5,8-10H2,2-3H3. The van der Waals surface area contributed by atoms with Gasteiger partial charge in [0.05, 0.1) is 24.7 Å². The molecule has 100 valence electrons. The topological polar surface area (TPSA) is 39.1 Å². The highest BCUT2D eigenvalue weighted by atomic mass is 16.5. The van der Waals surface area contributed by atoms with E-state index in [1.54, 1.807) is 7.11 Å². The van der Waals surface area contributed by atoms with Gasteiger partial charge < -0.3 is 14.6 Å². The summed E-state index contributed by atoms with van der Waals surface area (Å²) in [4.78, 5) is 4.66. The summed E-state index contributed by atoms with van der Waals surface area (Å²) < 4.78 is 7.32. The third-order valence-electron chi connectivity index (χ3n) is 3.06. The van der Waals surface area contributed by atoms with Gasteiger partial charge in [0.25, 0.3) is 0 Å². The lowest BCUT2D eigenvalue weighted by molar-refractivity contribution is 0.415. The number of fused-ring (bicyclic) bond motifs is 1. The SMILES string of the molecule is C#CCn1c(CCNCC)nc2cc(OC)ccc21. The minimum Gasteiger partial charge on any atom is -0.497 e. The summed E-state index contributed by atoms with van der Waals surface area (Å²) in [5, 5.41) is 3.30. The van der Waals surface area contributed by atoms with Crippen LogP contribution in [0.5, 0.6) is 5.75 Å². The summed E-state index contributed by atoms with van der Waals surface area (Å²) in [6, 6.07) is 5.89. The highest BCUT2D eigenvalue weighted by Gasteiger charge is 2.10. The number of rotatable bonds is 6. The van der Waals surface area contributed by atoms with Crippen molar-refractivity contribution in [3.8, 4) is 18.1 Å². The first-order valence-corrected chi connectivity index (χ1v) is 6.47. The van der Waals surface area contributed by atoms with Crippen LogP contribution < -0.4 is 10.1 Å². The molecule has 0 amide bonds. The summed E-state index contributed by atoms with van der Waals surface area (Å²) in [7, 11) is 1.66. The second kappa shape index (κ2) is 6.26. The number of hydrogen-bond acceptors (Lipinski definition) is 3. The van der Waals surface area contributed by atoms with E-state index in [2.05, 4.69) is 27.7 Å². The van der Waals surface area contributed by atoms with Gasteiger partial charge in [-0.3, -0.25) is 0 Å². The second-order valence-corrected chi connectivity index (χ2v) is 4.28. The molecule has 0 bridgehead atoms. The third kappa shape index (κ3) is 2.88. The van der Waals surface area contributed by atoms with E-state index >= 15 is 0 Å². The third-order valence-corrected chi connectivity index (χ3v) is 3.06. The molecule has 2 rings (SSSR count). The Morgan fingerprint density at radius 2 is 2.32 bits per heavy atom. The van der Waals surface area contributed by atoms with Gasteiger partial charge in [0.15, 0.2) is 0 Å². The van der Waals surface area contributed by atoms with Crippen molar-refractivity contribution in [1.82, 2.24) is 14.9 Å². The van der Waals surface area contributed by atoms with E-state index in [0.717, 1.165) is 42.1 Å². The Hall–Kier alpha value is -1.99. The lowest BCUT2D eigenvalue weighted by Crippen LogP contribution is -2.18. The van der Waals surface area contributed by atoms with Gasteiger partial charge in [-0.25, -0.2) is 4.98 Å². The van der Waals surface area contributed by atoms with E-state index in [9.17, 15) is 0 Å². The van der Waals surface area contributed by atoms with Crippen molar-refractivity contribution in [1.29, 1.82) is 0 Å². The average Bonchev–Trinajstić information content (AvgIpc) is 2.77. The van der Waals surface area contributed by atoms with E-state index in [1.807, 2.05) is 18.2 Å². The Morgan fingerprint density at radius 1 is 1.47 bits per heavy atom. The molecular weight excluding hydrogens is 238 g/mol. The Labute approximate surface area is 113 Å². The molecule has 19 heavy (non-hydrogen) atoms. The predicted molar refractivity (Wildman–Crippen MR) is 77.4 cm³/mol. The molecule has 0 radical (unpaired) electrons. The van der Waals surface area contributed by atoms with Crippen molar-refractivity contribution in [3.05, 3.63) is 24.0 Å². The Bertz CT molecular complexity index is 595. The van der Waals surface area contributed by atoms with Gasteiger partial charge in [0.2, 0.25) is 0 Å². The van der Waals surface area contributed by atoms with E-state index in [4.69, 9.17) is 11.2 Å². The van der Waals surface area contributed by atoms with Crippen LogP contribution in [0.2, 0.25) is 0 Å². The van der Waals surface area contributed by atoms with Crippen LogP contribution in [0.25, 0.3) is 11.0 Å². The lowest BCUT2D eigenvalue weighted by Gasteiger charge is -2.06. The Kier molecular flexibility index (Phi) is 4.43. The number of benzene rings is 1. The minimum atomic E-state index is 0.546. The fourth-order valence-electron chi connectivity index (χ4n) is 2.12. The predicted octanol–water partition coefficient (Wildman–Crippen LogP) is 1.83. The molecule has 0 atom stereocenters. The number of hydrogen-bond donors (Lipinski definition) is 1. The largest absolute Gasteiger partial charge is 0.497 e. The van der Waals surface area contributed by atoms with Crippen LogP contribution in [0.1, 0.15) is 12.7 Å². The van der Waals surface area contributed by atoms with Gasteiger partial charge in [-0.05, 0) is 18.7 Å². The molecule has 0 fully saturated rings. The molecule has 4 heteroatoms. The number of ether oxygens (including phenoxy) is 1. The van der Waals surface area contributed by atoms with Crippen molar-refractivity contribution in [3.63, 3.8) is 0 Å². The summed E-state index contributed by atoms with van der Waals surface area (Å²) in [6.07, 6.45) is 6.32. The zero-order valence-electron chi connectivity index (χ0n) is 11.4. The summed E-state index contributed by atoms with van der Waals surface area (Å²) >= 11 is 0. The van der Waals surface area contributed by atoms with Crippen molar-refractivity contribution < 1.29 is 4.74 Å². The van der Waals surface area contributed by atoms with E-state index in [-0.39, 0.29) is 0 Å². The van der Waals surface area contributed by atoms with Crippen molar-refractivity contribution in [2.45, 2.75) is 19.9 Å². The number of aromatic nitrogens is 2. The van der Waals surface area contributed by atoms with Crippen LogP contribution in [0, 0.1) is 12.3 Å². The van der Waals surface area contributed by atoms with Gasteiger partial charge in [-0.1, -0.05) is 12.8 Å². The smallest absolute Gasteiger partial charge is 0.121 e. The molecule has 4 nitrogen and oxygen atoms in total. The molecule has 1 heterocycles. The van der Waals surface area contributed by atoms with Crippen molar-refractivity contribution in [2.75, 3.05) is 20.2 Å². The first kappa shape index (κ1) is 13.4. The number of methoxy groups -OCH3 is 1. The monoisotopic (exact) mass is 257 g/mol. The highest BCUT2D eigenvalue weighted by Crippen LogP contribution is 2.21. The molecule has 0 unspecified atom stereocenters. The maximum absolute atomic E-state index is 5.45. The fourth-order valence-corrected chi connectivity index (χ4v) is 2.12. The van der Waals surface area contributed by atoms with Gasteiger partial charge in [-0.15, -0.1) is 6.42 Å². The quantitative estimate of drug-likeness (QED) is 0.634. The number of imidazole rings is 1. The van der Waals surface area contributed by atoms with Gasteiger partial charge in [0.1, 0.15) is 11.6 Å². The molecule has 0 spiro atoms. The summed E-state index contributed by atoms with van der Waals surface area (Å²) in [6.45, 7) is 4.50. The Balaban J connectivity index is 2.38. The summed E-state index contributed by atoms with van der Waals surface area (Å²) in [5.41, 5.74) is 1.99. The van der Waals surface area contributed by atoms with Crippen LogP contribution >= 0.6 is 0 Å². The number of terminal acetylenes is 1. The van der Waals surface area contributed by atoms with Crippen LogP contribution in [-0.4, -0.2) is 29.8 Å². The molecule has 0 saturated carbocycles. The normalized spacial score (nSPS) is 10.6. The average molecular weight is 257 g/mol. The number of nitrogens with one attached hydrogen (secondary N) is 1. The van der Waals surface area contributed by atoms with E-state index < -0.39 is 0 Å². The van der Waals surface area contributed by atoms with E-state index in [1.165, 1.54) is 0 Å². The molecule has 0 aliphatic carbocycles. The maximum atomic E-state index is 5.45. The zero-order chi connectivity index (χ0) is 13.7. The van der Waals surface area contributed by atoms with Crippen LogP contribution in [0.15, 0.2) is 18.2 Å².